The van der Waals surface area contributed by atoms with Crippen molar-refractivity contribution in [1.82, 2.24) is 29.9 Å². The zero-order valence-corrected chi connectivity index (χ0v) is 21.0. The molecule has 196 valence electrons. The Hall–Kier alpha value is -4.25. The molecule has 2 saturated heterocycles. The number of carbonyl (C=O) groups excluding carboxylic acids is 3. The second-order valence-corrected chi connectivity index (χ2v) is 9.83. The van der Waals surface area contributed by atoms with Gasteiger partial charge in [0.15, 0.2) is 0 Å². The molecular formula is C27H28N6O5. The molecule has 0 bridgehead atoms. The van der Waals surface area contributed by atoms with E-state index in [0.29, 0.717) is 30.2 Å². The third-order valence-corrected chi connectivity index (χ3v) is 7.26. The maximum Gasteiger partial charge on any atom is 0.255 e. The van der Waals surface area contributed by atoms with E-state index in [1.807, 2.05) is 30.6 Å². The highest BCUT2D eigenvalue weighted by atomic mass is 16.5. The summed E-state index contributed by atoms with van der Waals surface area (Å²) in [5.41, 5.74) is 3.39. The molecule has 1 unspecified atom stereocenters. The number of nitrogens with one attached hydrogen (secondary N) is 1. The standard InChI is InChI=1S/C27H28N6O5/c1-37-25-7-2-19(12-28-25)33-14-17(11-29-33)13-31-9-8-21(16-31)38-20-3-4-22-18(10-20)15-32(27(22)36)23-5-6-24(34)30-26(23)35/h2-4,7,10-12,14,21,23H,5-6,8-9,13,15-16H2,1H3,(H,30,34,35)/t21-,23?/m0/s1. The van der Waals surface area contributed by atoms with Gasteiger partial charge in [-0.05, 0) is 42.7 Å². The van der Waals surface area contributed by atoms with Gasteiger partial charge in [-0.3, -0.25) is 24.6 Å². The Morgan fingerprint density at radius 3 is 2.79 bits per heavy atom. The highest BCUT2D eigenvalue weighted by Crippen LogP contribution is 2.31. The van der Waals surface area contributed by atoms with E-state index in [1.165, 1.54) is 0 Å². The van der Waals surface area contributed by atoms with Crippen molar-refractivity contribution in [3.63, 3.8) is 0 Å². The summed E-state index contributed by atoms with van der Waals surface area (Å²) in [6.07, 6.45) is 7.12. The van der Waals surface area contributed by atoms with Crippen LogP contribution in [0.2, 0.25) is 0 Å². The normalized spacial score (nSPS) is 21.5. The van der Waals surface area contributed by atoms with Crippen molar-refractivity contribution in [3.8, 4) is 17.3 Å². The molecule has 1 aromatic carbocycles. The molecule has 11 nitrogen and oxygen atoms in total. The van der Waals surface area contributed by atoms with Crippen LogP contribution in [-0.2, 0) is 22.7 Å². The fraction of sp³-hybridized carbons (Fsp3) is 0.370. The third kappa shape index (κ3) is 4.72. The summed E-state index contributed by atoms with van der Waals surface area (Å²) in [5, 5.41) is 6.80. The molecule has 2 atom stereocenters. The first kappa shape index (κ1) is 24.1. The second kappa shape index (κ2) is 9.90. The van der Waals surface area contributed by atoms with Gasteiger partial charge in [0.05, 0.1) is 25.2 Å². The molecule has 5 heterocycles. The third-order valence-electron chi connectivity index (χ3n) is 7.26. The zero-order chi connectivity index (χ0) is 26.2. The minimum atomic E-state index is -0.620. The molecule has 0 spiro atoms. The van der Waals surface area contributed by atoms with Gasteiger partial charge in [0, 0.05) is 56.0 Å². The Bertz CT molecular complexity index is 1390. The van der Waals surface area contributed by atoms with Crippen LogP contribution in [0.3, 0.4) is 0 Å². The first-order chi connectivity index (χ1) is 18.5. The van der Waals surface area contributed by atoms with Crippen LogP contribution < -0.4 is 14.8 Å². The van der Waals surface area contributed by atoms with Crippen molar-refractivity contribution in [2.24, 2.45) is 0 Å². The Morgan fingerprint density at radius 2 is 2.00 bits per heavy atom. The number of aromatic nitrogens is 3. The van der Waals surface area contributed by atoms with E-state index in [2.05, 4.69) is 20.3 Å². The van der Waals surface area contributed by atoms with E-state index in [4.69, 9.17) is 9.47 Å². The lowest BCUT2D eigenvalue weighted by atomic mass is 10.0. The molecule has 2 aromatic heterocycles. The number of pyridine rings is 1. The number of carbonyl (C=O) groups is 3. The molecule has 0 radical (unpaired) electrons. The highest BCUT2D eigenvalue weighted by molar-refractivity contribution is 6.05. The van der Waals surface area contributed by atoms with Gasteiger partial charge in [-0.1, -0.05) is 0 Å². The van der Waals surface area contributed by atoms with Gasteiger partial charge in [0.1, 0.15) is 17.9 Å². The average molecular weight is 517 g/mol. The highest BCUT2D eigenvalue weighted by Gasteiger charge is 2.39. The van der Waals surface area contributed by atoms with E-state index < -0.39 is 11.9 Å². The number of hydrogen-bond donors (Lipinski definition) is 1. The summed E-state index contributed by atoms with van der Waals surface area (Å²) in [7, 11) is 1.59. The first-order valence-corrected chi connectivity index (χ1v) is 12.7. The van der Waals surface area contributed by atoms with Crippen LogP contribution in [-0.4, -0.2) is 74.6 Å². The lowest BCUT2D eigenvalue weighted by Crippen LogP contribution is -2.52. The number of rotatable bonds is 7. The number of fused-ring (bicyclic) bond motifs is 1. The van der Waals surface area contributed by atoms with E-state index in [9.17, 15) is 14.4 Å². The SMILES string of the molecule is COc1ccc(-n2cc(CN3CC[C@H](Oc4ccc5c(c4)CN(C4CCC(=O)NC4=O)C5=O)C3)cn2)cn1. The summed E-state index contributed by atoms with van der Waals surface area (Å²) in [4.78, 5) is 44.8. The predicted octanol–water partition coefficient (Wildman–Crippen LogP) is 1.69. The molecule has 0 saturated carbocycles. The maximum absolute atomic E-state index is 12.9. The molecule has 3 amide bonds. The van der Waals surface area contributed by atoms with Crippen LogP contribution >= 0.6 is 0 Å². The lowest BCUT2D eigenvalue weighted by Gasteiger charge is -2.29. The van der Waals surface area contributed by atoms with Crippen molar-refractivity contribution in [2.45, 2.75) is 44.5 Å². The van der Waals surface area contributed by atoms with Gasteiger partial charge >= 0.3 is 0 Å². The van der Waals surface area contributed by atoms with E-state index >= 15 is 0 Å². The largest absolute Gasteiger partial charge is 0.489 e. The van der Waals surface area contributed by atoms with Gasteiger partial charge in [0.2, 0.25) is 17.7 Å². The molecule has 2 fully saturated rings. The van der Waals surface area contributed by atoms with Gasteiger partial charge < -0.3 is 14.4 Å². The average Bonchev–Trinajstić information content (AvgIpc) is 3.64. The summed E-state index contributed by atoms with van der Waals surface area (Å²) < 4.78 is 13.2. The van der Waals surface area contributed by atoms with E-state index in [1.54, 1.807) is 35.0 Å². The van der Waals surface area contributed by atoms with Crippen molar-refractivity contribution in [2.75, 3.05) is 20.2 Å². The number of ether oxygens (including phenoxy) is 2. The quantitative estimate of drug-likeness (QED) is 0.472. The molecule has 0 aliphatic carbocycles. The van der Waals surface area contributed by atoms with Crippen LogP contribution in [0.4, 0.5) is 0 Å². The molecule has 3 aromatic rings. The molecule has 1 N–H and O–H groups in total. The minimum Gasteiger partial charge on any atom is -0.489 e. The number of amides is 3. The van der Waals surface area contributed by atoms with Crippen LogP contribution in [0.1, 0.15) is 40.7 Å². The van der Waals surface area contributed by atoms with Gasteiger partial charge in [-0.15, -0.1) is 0 Å². The predicted molar refractivity (Wildman–Crippen MR) is 135 cm³/mol. The number of piperidine rings is 1. The first-order valence-electron chi connectivity index (χ1n) is 12.7. The van der Waals surface area contributed by atoms with Crippen LogP contribution in [0, 0.1) is 0 Å². The fourth-order valence-corrected chi connectivity index (χ4v) is 5.32. The second-order valence-electron chi connectivity index (χ2n) is 9.83. The van der Waals surface area contributed by atoms with Gasteiger partial charge in [-0.25, -0.2) is 9.67 Å². The molecule has 38 heavy (non-hydrogen) atoms. The van der Waals surface area contributed by atoms with E-state index in [-0.39, 0.29) is 24.3 Å². The summed E-state index contributed by atoms with van der Waals surface area (Å²) in [5.74, 6) is 0.398. The van der Waals surface area contributed by atoms with E-state index in [0.717, 1.165) is 42.9 Å². The van der Waals surface area contributed by atoms with Crippen molar-refractivity contribution in [3.05, 3.63) is 65.6 Å². The molecule has 3 aliphatic rings. The smallest absolute Gasteiger partial charge is 0.255 e. The Morgan fingerprint density at radius 1 is 1.11 bits per heavy atom. The summed E-state index contributed by atoms with van der Waals surface area (Å²) in [6, 6.07) is 8.59. The lowest BCUT2D eigenvalue weighted by molar-refractivity contribution is -0.136. The van der Waals surface area contributed by atoms with Crippen molar-refractivity contribution >= 4 is 17.7 Å². The fourth-order valence-electron chi connectivity index (χ4n) is 5.32. The molecular weight excluding hydrogens is 488 g/mol. The number of imide groups is 1. The monoisotopic (exact) mass is 516 g/mol. The molecule has 6 rings (SSSR count). The van der Waals surface area contributed by atoms with Crippen molar-refractivity contribution < 1.29 is 23.9 Å². The Labute approximate surface area is 219 Å². The number of benzene rings is 1. The summed E-state index contributed by atoms with van der Waals surface area (Å²) >= 11 is 0. The van der Waals surface area contributed by atoms with Crippen LogP contribution in [0.25, 0.3) is 5.69 Å². The van der Waals surface area contributed by atoms with Crippen LogP contribution in [0.15, 0.2) is 48.9 Å². The van der Waals surface area contributed by atoms with Crippen molar-refractivity contribution in [1.29, 1.82) is 0 Å². The Kier molecular flexibility index (Phi) is 6.28. The molecule has 3 aliphatic heterocycles. The number of methoxy groups -OCH3 is 1. The topological polar surface area (TPSA) is 119 Å². The number of nitrogens with zero attached hydrogens (tertiary/aromatic N) is 5. The number of likely N-dealkylation sites (tertiary alicyclic amines) is 1. The van der Waals surface area contributed by atoms with Crippen LogP contribution in [0.5, 0.6) is 11.6 Å². The maximum atomic E-state index is 12.9. The number of hydrogen-bond acceptors (Lipinski definition) is 8. The van der Waals surface area contributed by atoms with Gasteiger partial charge in [-0.2, -0.15) is 5.10 Å². The Balaban J connectivity index is 1.05. The van der Waals surface area contributed by atoms with Gasteiger partial charge in [0.25, 0.3) is 5.91 Å². The summed E-state index contributed by atoms with van der Waals surface area (Å²) in [6.45, 7) is 2.80. The zero-order valence-electron chi connectivity index (χ0n) is 21.0. The minimum absolute atomic E-state index is 0.0391. The molecule has 11 heteroatoms.